The zero-order chi connectivity index (χ0) is 16.5. The normalized spacial score (nSPS) is 21.9. The fourth-order valence-corrected chi connectivity index (χ4v) is 2.74. The Balaban J connectivity index is 2.08. The third kappa shape index (κ3) is 3.79. The average molecular weight is 380 g/mol. The highest BCUT2D eigenvalue weighted by atomic mass is 79.9. The molecule has 1 aliphatic heterocycles. The number of halogens is 4. The zero-order valence-electron chi connectivity index (χ0n) is 11.3. The molecule has 1 fully saturated rings. The van der Waals surface area contributed by atoms with E-state index in [2.05, 4.69) is 15.9 Å². The lowest BCUT2D eigenvalue weighted by atomic mass is 9.96. The molecule has 1 saturated heterocycles. The van der Waals surface area contributed by atoms with E-state index in [0.717, 1.165) is 9.37 Å². The molecular formula is C14H13BrF3NO3. The molecule has 1 amide bonds. The standard InChI is InChI=1S/C14H13BrF3NO3/c15-9-3-1-8(2-4-9)5-12(20)19-6-10(13(21)22)11(7-19)14(16,17)18/h1-4,10-11H,5-7H2,(H,21,22)/t10-,11-/m1/s1. The van der Waals surface area contributed by atoms with E-state index in [1.165, 1.54) is 0 Å². The smallest absolute Gasteiger partial charge is 0.394 e. The zero-order valence-corrected chi connectivity index (χ0v) is 12.9. The Hall–Kier alpha value is -1.57. The molecule has 2 rings (SSSR count). The second-order valence-electron chi connectivity index (χ2n) is 5.19. The topological polar surface area (TPSA) is 57.6 Å². The lowest BCUT2D eigenvalue weighted by Gasteiger charge is -2.18. The molecule has 0 radical (unpaired) electrons. The Bertz CT molecular complexity index is 574. The fourth-order valence-electron chi connectivity index (χ4n) is 2.48. The van der Waals surface area contributed by atoms with Gasteiger partial charge in [-0.05, 0) is 17.7 Å². The van der Waals surface area contributed by atoms with Crippen molar-refractivity contribution in [2.75, 3.05) is 13.1 Å². The van der Waals surface area contributed by atoms with E-state index < -0.39 is 43.0 Å². The lowest BCUT2D eigenvalue weighted by Crippen LogP contribution is -2.34. The maximum Gasteiger partial charge on any atom is 0.394 e. The molecule has 0 aliphatic carbocycles. The highest BCUT2D eigenvalue weighted by molar-refractivity contribution is 9.10. The maximum atomic E-state index is 12.9. The van der Waals surface area contributed by atoms with Crippen molar-refractivity contribution >= 4 is 27.8 Å². The van der Waals surface area contributed by atoms with Gasteiger partial charge in [0.1, 0.15) is 0 Å². The number of benzene rings is 1. The molecule has 120 valence electrons. The Kier molecular flexibility index (Phi) is 4.79. The predicted octanol–water partition coefficient (Wildman–Crippen LogP) is 2.71. The number of hydrogen-bond donors (Lipinski definition) is 1. The van der Waals surface area contributed by atoms with Gasteiger partial charge in [-0.15, -0.1) is 0 Å². The Morgan fingerprint density at radius 1 is 1.23 bits per heavy atom. The number of aliphatic carboxylic acids is 1. The summed E-state index contributed by atoms with van der Waals surface area (Å²) in [6.45, 7) is -1.01. The van der Waals surface area contributed by atoms with Crippen LogP contribution in [0.5, 0.6) is 0 Å². The molecule has 0 aromatic heterocycles. The van der Waals surface area contributed by atoms with E-state index in [4.69, 9.17) is 5.11 Å². The minimum Gasteiger partial charge on any atom is -0.481 e. The van der Waals surface area contributed by atoms with Crippen LogP contribution in [-0.2, 0) is 16.0 Å². The molecule has 1 N–H and O–H groups in total. The van der Waals surface area contributed by atoms with Gasteiger partial charge in [0.15, 0.2) is 0 Å². The number of likely N-dealkylation sites (tertiary alicyclic amines) is 1. The van der Waals surface area contributed by atoms with Crippen LogP contribution in [0.1, 0.15) is 5.56 Å². The largest absolute Gasteiger partial charge is 0.481 e. The molecule has 1 aromatic carbocycles. The summed E-state index contributed by atoms with van der Waals surface area (Å²) >= 11 is 3.25. The van der Waals surface area contributed by atoms with Crippen LogP contribution in [0, 0.1) is 11.8 Å². The summed E-state index contributed by atoms with van der Waals surface area (Å²) in [7, 11) is 0. The summed E-state index contributed by atoms with van der Waals surface area (Å²) in [6, 6.07) is 6.83. The van der Waals surface area contributed by atoms with Crippen molar-refractivity contribution in [2.45, 2.75) is 12.6 Å². The first-order chi connectivity index (χ1) is 10.2. The van der Waals surface area contributed by atoms with E-state index in [0.29, 0.717) is 5.56 Å². The quantitative estimate of drug-likeness (QED) is 0.878. The predicted molar refractivity (Wildman–Crippen MR) is 75.1 cm³/mol. The number of amides is 1. The van der Waals surface area contributed by atoms with Crippen molar-refractivity contribution in [3.63, 3.8) is 0 Å². The van der Waals surface area contributed by atoms with Gasteiger partial charge in [-0.25, -0.2) is 0 Å². The van der Waals surface area contributed by atoms with Crippen LogP contribution >= 0.6 is 15.9 Å². The van der Waals surface area contributed by atoms with E-state index in [1.807, 2.05) is 0 Å². The average Bonchev–Trinajstić information content (AvgIpc) is 2.86. The Morgan fingerprint density at radius 2 is 1.82 bits per heavy atom. The third-order valence-electron chi connectivity index (χ3n) is 3.68. The van der Waals surface area contributed by atoms with Crippen molar-refractivity contribution < 1.29 is 27.9 Å². The van der Waals surface area contributed by atoms with Crippen molar-refractivity contribution in [1.29, 1.82) is 0 Å². The number of rotatable bonds is 3. The Morgan fingerprint density at radius 3 is 2.27 bits per heavy atom. The summed E-state index contributed by atoms with van der Waals surface area (Å²) in [5.74, 6) is -5.64. The van der Waals surface area contributed by atoms with Gasteiger partial charge in [0.2, 0.25) is 5.91 Å². The number of carbonyl (C=O) groups is 2. The van der Waals surface area contributed by atoms with Crippen LogP contribution < -0.4 is 0 Å². The van der Waals surface area contributed by atoms with Crippen LogP contribution in [0.3, 0.4) is 0 Å². The monoisotopic (exact) mass is 379 g/mol. The first-order valence-corrected chi connectivity index (χ1v) is 7.29. The summed E-state index contributed by atoms with van der Waals surface area (Å²) in [6.07, 6.45) is -4.68. The molecule has 0 bridgehead atoms. The minimum absolute atomic E-state index is 0.0514. The summed E-state index contributed by atoms with van der Waals surface area (Å²) in [5, 5.41) is 8.92. The van der Waals surface area contributed by atoms with Crippen LogP contribution in [0.25, 0.3) is 0 Å². The van der Waals surface area contributed by atoms with Crippen molar-refractivity contribution in [2.24, 2.45) is 11.8 Å². The third-order valence-corrected chi connectivity index (χ3v) is 4.21. The van der Waals surface area contributed by atoms with Gasteiger partial charge in [0, 0.05) is 17.6 Å². The Labute approximate surface area is 133 Å². The highest BCUT2D eigenvalue weighted by Crippen LogP contribution is 2.37. The van der Waals surface area contributed by atoms with E-state index in [1.54, 1.807) is 24.3 Å². The van der Waals surface area contributed by atoms with Gasteiger partial charge >= 0.3 is 12.1 Å². The molecule has 4 nitrogen and oxygen atoms in total. The van der Waals surface area contributed by atoms with Gasteiger partial charge < -0.3 is 10.0 Å². The van der Waals surface area contributed by atoms with Gasteiger partial charge in [-0.3, -0.25) is 9.59 Å². The van der Waals surface area contributed by atoms with Crippen LogP contribution in [0.15, 0.2) is 28.7 Å². The molecule has 1 aliphatic rings. The van der Waals surface area contributed by atoms with Gasteiger partial charge in [0.25, 0.3) is 0 Å². The molecule has 1 heterocycles. The molecule has 2 atom stereocenters. The minimum atomic E-state index is -4.63. The van der Waals surface area contributed by atoms with E-state index >= 15 is 0 Å². The first-order valence-electron chi connectivity index (χ1n) is 6.50. The van der Waals surface area contributed by atoms with Crippen molar-refractivity contribution in [3.8, 4) is 0 Å². The van der Waals surface area contributed by atoms with Crippen LogP contribution in [-0.4, -0.2) is 41.1 Å². The number of alkyl halides is 3. The number of carbonyl (C=O) groups excluding carboxylic acids is 1. The lowest BCUT2D eigenvalue weighted by molar-refractivity contribution is -0.188. The maximum absolute atomic E-state index is 12.9. The number of carboxylic acid groups (broad SMARTS) is 1. The number of nitrogens with zero attached hydrogens (tertiary/aromatic N) is 1. The molecule has 22 heavy (non-hydrogen) atoms. The van der Waals surface area contributed by atoms with E-state index in [9.17, 15) is 22.8 Å². The summed E-state index contributed by atoms with van der Waals surface area (Å²) in [5.41, 5.74) is 0.663. The summed E-state index contributed by atoms with van der Waals surface area (Å²) < 4.78 is 39.4. The van der Waals surface area contributed by atoms with Crippen molar-refractivity contribution in [3.05, 3.63) is 34.3 Å². The molecule has 0 unspecified atom stereocenters. The second kappa shape index (κ2) is 6.28. The second-order valence-corrected chi connectivity index (χ2v) is 6.11. The van der Waals surface area contributed by atoms with E-state index in [-0.39, 0.29) is 6.42 Å². The highest BCUT2D eigenvalue weighted by Gasteiger charge is 2.53. The molecule has 0 spiro atoms. The first kappa shape index (κ1) is 16.8. The molecule has 8 heteroatoms. The molecule has 0 saturated carbocycles. The van der Waals surface area contributed by atoms with Crippen molar-refractivity contribution in [1.82, 2.24) is 4.90 Å². The summed E-state index contributed by atoms with van der Waals surface area (Å²) in [4.78, 5) is 24.1. The molecule has 1 aromatic rings. The van der Waals surface area contributed by atoms with Crippen LogP contribution in [0.2, 0.25) is 0 Å². The number of hydrogen-bond acceptors (Lipinski definition) is 2. The van der Waals surface area contributed by atoms with Gasteiger partial charge in [0.05, 0.1) is 18.3 Å². The van der Waals surface area contributed by atoms with Gasteiger partial charge in [-0.1, -0.05) is 28.1 Å². The van der Waals surface area contributed by atoms with Crippen LogP contribution in [0.4, 0.5) is 13.2 Å². The fraction of sp³-hybridized carbons (Fsp3) is 0.429. The van der Waals surface area contributed by atoms with Gasteiger partial charge in [-0.2, -0.15) is 13.2 Å². The SMILES string of the molecule is O=C(O)[C@@H]1CN(C(=O)Cc2ccc(Br)cc2)C[C@H]1C(F)(F)F. The number of carboxylic acids is 1. The molecular weight excluding hydrogens is 367 g/mol.